The first-order chi connectivity index (χ1) is 13.8. The first-order valence-electron chi connectivity index (χ1n) is 9.65. The van der Waals surface area contributed by atoms with Crippen LogP contribution < -0.4 is 0 Å². The molecule has 2 atom stereocenters. The third-order valence-corrected chi connectivity index (χ3v) is 6.16. The SMILES string of the molecule is C[C@H]1c2cccc([C@@](C)(O)CF)c2CCN1C(=O)Cc1cccc2c1cnn2Cl. The molecular weight excluding hydrogens is 393 g/mol. The van der Waals surface area contributed by atoms with Gasteiger partial charge in [-0.2, -0.15) is 9.30 Å². The van der Waals surface area contributed by atoms with E-state index in [1.54, 1.807) is 12.3 Å². The second-order valence-corrected chi connectivity index (χ2v) is 8.15. The summed E-state index contributed by atoms with van der Waals surface area (Å²) in [5.74, 6) is 0.0145. The van der Waals surface area contributed by atoms with E-state index in [2.05, 4.69) is 5.10 Å². The number of amides is 1. The summed E-state index contributed by atoms with van der Waals surface area (Å²) < 4.78 is 14.6. The first kappa shape index (κ1) is 19.9. The second kappa shape index (κ2) is 7.43. The van der Waals surface area contributed by atoms with E-state index in [0.29, 0.717) is 18.5 Å². The lowest BCUT2D eigenvalue weighted by Gasteiger charge is -2.38. The number of aliphatic hydroxyl groups is 1. The highest BCUT2D eigenvalue weighted by atomic mass is 35.5. The van der Waals surface area contributed by atoms with Crippen LogP contribution in [0, 0.1) is 0 Å². The highest BCUT2D eigenvalue weighted by Crippen LogP contribution is 2.36. The summed E-state index contributed by atoms with van der Waals surface area (Å²) in [6.45, 7) is 3.14. The van der Waals surface area contributed by atoms with Crippen LogP contribution in [0.3, 0.4) is 0 Å². The van der Waals surface area contributed by atoms with E-state index in [-0.39, 0.29) is 18.4 Å². The molecule has 5 nitrogen and oxygen atoms in total. The molecule has 1 aliphatic rings. The van der Waals surface area contributed by atoms with E-state index in [0.717, 1.165) is 27.6 Å². The van der Waals surface area contributed by atoms with Crippen LogP contribution in [0.4, 0.5) is 4.39 Å². The summed E-state index contributed by atoms with van der Waals surface area (Å²) >= 11 is 6.04. The highest BCUT2D eigenvalue weighted by Gasteiger charge is 2.33. The molecule has 0 radical (unpaired) electrons. The van der Waals surface area contributed by atoms with Crippen molar-refractivity contribution in [3.8, 4) is 0 Å². The number of hydrogen-bond donors (Lipinski definition) is 1. The molecule has 1 aromatic heterocycles. The summed E-state index contributed by atoms with van der Waals surface area (Å²) in [6.07, 6.45) is 2.51. The number of benzene rings is 2. The summed E-state index contributed by atoms with van der Waals surface area (Å²) in [7, 11) is 0. The molecule has 4 rings (SSSR count). The maximum Gasteiger partial charge on any atom is 0.227 e. The minimum absolute atomic E-state index is 0.0145. The van der Waals surface area contributed by atoms with Crippen LogP contribution in [-0.4, -0.2) is 38.4 Å². The van der Waals surface area contributed by atoms with E-state index in [1.807, 2.05) is 42.2 Å². The first-order valence-corrected chi connectivity index (χ1v) is 9.99. The molecule has 29 heavy (non-hydrogen) atoms. The predicted octanol–water partition coefficient (Wildman–Crippen LogP) is 3.90. The minimum Gasteiger partial charge on any atom is -0.383 e. The Morgan fingerprint density at radius 3 is 2.86 bits per heavy atom. The topological polar surface area (TPSA) is 58.4 Å². The van der Waals surface area contributed by atoms with Crippen molar-refractivity contribution in [2.24, 2.45) is 0 Å². The monoisotopic (exact) mass is 415 g/mol. The van der Waals surface area contributed by atoms with Crippen molar-refractivity contribution >= 4 is 28.6 Å². The molecule has 0 bridgehead atoms. The predicted molar refractivity (Wildman–Crippen MR) is 111 cm³/mol. The summed E-state index contributed by atoms with van der Waals surface area (Å²) in [4.78, 5) is 15.0. The zero-order valence-electron chi connectivity index (χ0n) is 16.4. The van der Waals surface area contributed by atoms with Gasteiger partial charge < -0.3 is 10.0 Å². The van der Waals surface area contributed by atoms with Gasteiger partial charge in [-0.1, -0.05) is 30.3 Å². The lowest BCUT2D eigenvalue weighted by molar-refractivity contribution is -0.133. The number of rotatable bonds is 4. The van der Waals surface area contributed by atoms with Crippen molar-refractivity contribution < 1.29 is 14.3 Å². The van der Waals surface area contributed by atoms with Crippen molar-refractivity contribution in [3.05, 3.63) is 64.8 Å². The Morgan fingerprint density at radius 2 is 2.10 bits per heavy atom. The Balaban J connectivity index is 1.61. The Bertz CT molecular complexity index is 1080. The van der Waals surface area contributed by atoms with Gasteiger partial charge in [-0.05, 0) is 48.6 Å². The van der Waals surface area contributed by atoms with Crippen molar-refractivity contribution in [3.63, 3.8) is 0 Å². The molecule has 0 saturated heterocycles. The molecule has 2 aromatic carbocycles. The van der Waals surface area contributed by atoms with Crippen molar-refractivity contribution in [2.45, 2.75) is 38.3 Å². The van der Waals surface area contributed by atoms with Crippen LogP contribution in [-0.2, 0) is 23.2 Å². The van der Waals surface area contributed by atoms with Gasteiger partial charge in [-0.3, -0.25) is 4.79 Å². The number of fused-ring (bicyclic) bond motifs is 2. The number of halogens is 2. The van der Waals surface area contributed by atoms with Gasteiger partial charge in [0.15, 0.2) is 0 Å². The fraction of sp³-hybridized carbons (Fsp3) is 0.364. The van der Waals surface area contributed by atoms with Gasteiger partial charge in [0.2, 0.25) is 5.91 Å². The zero-order chi connectivity index (χ0) is 20.8. The van der Waals surface area contributed by atoms with Crippen molar-refractivity contribution in [1.29, 1.82) is 0 Å². The van der Waals surface area contributed by atoms with E-state index in [4.69, 9.17) is 11.8 Å². The maximum absolute atomic E-state index is 13.4. The zero-order valence-corrected chi connectivity index (χ0v) is 17.2. The van der Waals surface area contributed by atoms with Crippen LogP contribution in [0.25, 0.3) is 10.9 Å². The Labute approximate surface area is 173 Å². The number of carbonyl (C=O) groups excluding carboxylic acids is 1. The van der Waals surface area contributed by atoms with Crippen LogP contribution in [0.1, 0.15) is 42.1 Å². The van der Waals surface area contributed by atoms with Gasteiger partial charge in [-0.15, -0.1) is 0 Å². The van der Waals surface area contributed by atoms with Crippen LogP contribution >= 0.6 is 11.8 Å². The maximum atomic E-state index is 13.4. The van der Waals surface area contributed by atoms with E-state index in [9.17, 15) is 14.3 Å². The fourth-order valence-corrected chi connectivity index (χ4v) is 4.48. The van der Waals surface area contributed by atoms with Gasteiger partial charge in [0.25, 0.3) is 0 Å². The summed E-state index contributed by atoms with van der Waals surface area (Å²) in [6, 6.07) is 11.0. The molecular formula is C22H23ClFN3O2. The molecule has 2 heterocycles. The molecule has 0 saturated carbocycles. The molecule has 3 aromatic rings. The molecule has 0 spiro atoms. The quantitative estimate of drug-likeness (QED) is 0.703. The average molecular weight is 416 g/mol. The van der Waals surface area contributed by atoms with Crippen LogP contribution in [0.15, 0.2) is 42.6 Å². The number of carbonyl (C=O) groups is 1. The third-order valence-electron chi connectivity index (χ3n) is 5.90. The fourth-order valence-electron chi connectivity index (χ4n) is 4.28. The number of aromatic nitrogens is 2. The second-order valence-electron chi connectivity index (χ2n) is 7.83. The molecule has 7 heteroatoms. The van der Waals surface area contributed by atoms with Gasteiger partial charge in [0.1, 0.15) is 12.3 Å². The standard InChI is InChI=1S/C22H23ClFN3O2/c1-14-16-6-4-7-19(22(2,29)13-24)17(16)9-10-26(14)21(28)11-15-5-3-8-20-18(15)12-25-27(20)23/h3-8,12,14,29H,9-11,13H2,1-2H3/t14-,22-/m0/s1. The smallest absolute Gasteiger partial charge is 0.227 e. The summed E-state index contributed by atoms with van der Waals surface area (Å²) in [5, 5.41) is 15.4. The number of hydrogen-bond acceptors (Lipinski definition) is 3. The van der Waals surface area contributed by atoms with Crippen LogP contribution in [0.5, 0.6) is 0 Å². The van der Waals surface area contributed by atoms with Crippen LogP contribution in [0.2, 0.25) is 0 Å². The molecule has 0 fully saturated rings. The van der Waals surface area contributed by atoms with Crippen molar-refractivity contribution in [1.82, 2.24) is 14.2 Å². The van der Waals surface area contributed by atoms with E-state index >= 15 is 0 Å². The lowest BCUT2D eigenvalue weighted by atomic mass is 9.83. The minimum atomic E-state index is -1.52. The largest absolute Gasteiger partial charge is 0.383 e. The molecule has 1 aliphatic heterocycles. The molecule has 152 valence electrons. The Hall–Kier alpha value is -2.44. The number of nitrogens with zero attached hydrogens (tertiary/aromatic N) is 3. The van der Waals surface area contributed by atoms with Gasteiger partial charge in [0.05, 0.1) is 24.2 Å². The molecule has 1 amide bonds. The van der Waals surface area contributed by atoms with Gasteiger partial charge in [-0.25, -0.2) is 4.39 Å². The highest BCUT2D eigenvalue weighted by molar-refractivity contribution is 6.18. The third kappa shape index (κ3) is 3.40. The Kier molecular flexibility index (Phi) is 5.09. The molecule has 1 N–H and O–H groups in total. The summed E-state index contributed by atoms with van der Waals surface area (Å²) in [5.41, 5.74) is 2.64. The van der Waals surface area contributed by atoms with Gasteiger partial charge >= 0.3 is 0 Å². The average Bonchev–Trinajstić information content (AvgIpc) is 3.10. The number of alkyl halides is 1. The Morgan fingerprint density at radius 1 is 1.34 bits per heavy atom. The normalized spacial score (nSPS) is 18.5. The lowest BCUT2D eigenvalue weighted by Crippen LogP contribution is -2.41. The van der Waals surface area contributed by atoms with E-state index in [1.165, 1.54) is 11.1 Å². The molecule has 0 unspecified atom stereocenters. The van der Waals surface area contributed by atoms with E-state index < -0.39 is 12.3 Å². The van der Waals surface area contributed by atoms with Gasteiger partial charge in [0, 0.05) is 23.7 Å². The van der Waals surface area contributed by atoms with Crippen molar-refractivity contribution in [2.75, 3.05) is 13.2 Å². The molecule has 0 aliphatic carbocycles.